The van der Waals surface area contributed by atoms with Crippen LogP contribution in [0.3, 0.4) is 0 Å². The molecule has 4 aromatic rings. The Morgan fingerprint density at radius 2 is 1.42 bits per heavy atom. The van der Waals surface area contributed by atoms with E-state index in [1.807, 2.05) is 54.6 Å². The number of H-pyrrole nitrogens is 1. The third kappa shape index (κ3) is 11.4. The first-order valence-electron chi connectivity index (χ1n) is 16.2. The summed E-state index contributed by atoms with van der Waals surface area (Å²) in [6.45, 7) is 4.94. The number of carbonyl (C=O) groups excluding carboxylic acids is 5. The van der Waals surface area contributed by atoms with Crippen molar-refractivity contribution in [1.29, 1.82) is 0 Å². The summed E-state index contributed by atoms with van der Waals surface area (Å²) in [6, 6.07) is 19.0. The van der Waals surface area contributed by atoms with Crippen molar-refractivity contribution < 1.29 is 38.6 Å². The Bertz CT molecular complexity index is 1780. The Kier molecular flexibility index (Phi) is 12.6. The minimum atomic E-state index is -1.29. The van der Waals surface area contributed by atoms with E-state index in [4.69, 9.17) is 15.2 Å². The fraction of sp³-hybridized carbons (Fsp3) is 0.324. The third-order valence-corrected chi connectivity index (χ3v) is 7.62. The van der Waals surface area contributed by atoms with Gasteiger partial charge < -0.3 is 41.2 Å². The number of aromatic hydroxyl groups is 1. The number of ether oxygens (including phenoxy) is 2. The summed E-state index contributed by atoms with van der Waals surface area (Å²) in [7, 11) is 0. The number of hydrogen-bond donors (Lipinski definition) is 6. The Morgan fingerprint density at radius 1 is 0.780 bits per heavy atom. The molecule has 0 fully saturated rings. The van der Waals surface area contributed by atoms with E-state index in [-0.39, 0.29) is 38.0 Å². The lowest BCUT2D eigenvalue weighted by molar-refractivity contribution is -0.149. The fourth-order valence-electron chi connectivity index (χ4n) is 5.17. The highest BCUT2D eigenvalue weighted by molar-refractivity contribution is 5.94. The number of carbonyl (C=O) groups is 5. The first-order valence-corrected chi connectivity index (χ1v) is 16.2. The molecule has 50 heavy (non-hydrogen) atoms. The number of hydrogen-bond acceptors (Lipinski definition) is 8. The second-order valence-electron chi connectivity index (χ2n) is 12.9. The lowest BCUT2D eigenvalue weighted by Crippen LogP contribution is -2.57. The number of rotatable bonds is 15. The zero-order chi connectivity index (χ0) is 36.3. The van der Waals surface area contributed by atoms with Crippen molar-refractivity contribution in [3.8, 4) is 5.75 Å². The van der Waals surface area contributed by atoms with Gasteiger partial charge in [0.05, 0.1) is 0 Å². The monoisotopic (exact) mass is 685 g/mol. The molecule has 264 valence electrons. The van der Waals surface area contributed by atoms with Crippen LogP contribution in [-0.4, -0.2) is 63.6 Å². The highest BCUT2D eigenvalue weighted by Gasteiger charge is 2.32. The van der Waals surface area contributed by atoms with E-state index in [0.717, 1.165) is 22.0 Å². The molecule has 0 unspecified atom stereocenters. The first kappa shape index (κ1) is 37.0. The van der Waals surface area contributed by atoms with E-state index in [1.54, 1.807) is 39.1 Å². The van der Waals surface area contributed by atoms with Crippen LogP contribution in [0.15, 0.2) is 85.1 Å². The summed E-state index contributed by atoms with van der Waals surface area (Å²) in [5, 5.41) is 18.6. The highest BCUT2D eigenvalue weighted by atomic mass is 16.6. The minimum Gasteiger partial charge on any atom is -0.508 e. The molecule has 0 radical (unpaired) electrons. The summed E-state index contributed by atoms with van der Waals surface area (Å²) in [5.74, 6) is -2.86. The molecule has 0 aliphatic carbocycles. The van der Waals surface area contributed by atoms with Gasteiger partial charge in [0.15, 0.2) is 0 Å². The van der Waals surface area contributed by atoms with E-state index < -0.39 is 53.5 Å². The van der Waals surface area contributed by atoms with Crippen LogP contribution in [0.4, 0.5) is 4.79 Å². The van der Waals surface area contributed by atoms with Crippen LogP contribution < -0.4 is 21.7 Å². The molecule has 13 nitrogen and oxygen atoms in total. The van der Waals surface area contributed by atoms with Crippen LogP contribution in [0.5, 0.6) is 5.75 Å². The molecule has 0 aliphatic heterocycles. The van der Waals surface area contributed by atoms with Gasteiger partial charge in [-0.2, -0.15) is 0 Å². The predicted octanol–water partition coefficient (Wildman–Crippen LogP) is 3.53. The van der Waals surface area contributed by atoms with E-state index in [0.29, 0.717) is 5.56 Å². The van der Waals surface area contributed by atoms with Crippen LogP contribution in [0.25, 0.3) is 10.9 Å². The van der Waals surface area contributed by atoms with Crippen LogP contribution in [0.1, 0.15) is 50.3 Å². The van der Waals surface area contributed by atoms with E-state index >= 15 is 0 Å². The topological polar surface area (TPSA) is 202 Å². The largest absolute Gasteiger partial charge is 0.508 e. The molecule has 3 aromatic carbocycles. The average Bonchev–Trinajstić information content (AvgIpc) is 3.48. The first-order chi connectivity index (χ1) is 23.8. The Morgan fingerprint density at radius 3 is 2.10 bits per heavy atom. The van der Waals surface area contributed by atoms with Crippen LogP contribution in [0, 0.1) is 0 Å². The van der Waals surface area contributed by atoms with Crippen LogP contribution in [0.2, 0.25) is 0 Å². The van der Waals surface area contributed by atoms with E-state index in [9.17, 15) is 29.1 Å². The molecule has 0 aliphatic rings. The zero-order valence-corrected chi connectivity index (χ0v) is 28.2. The number of esters is 1. The summed E-state index contributed by atoms with van der Waals surface area (Å²) in [4.78, 5) is 68.7. The van der Waals surface area contributed by atoms with E-state index in [1.165, 1.54) is 12.1 Å². The second kappa shape index (κ2) is 17.0. The van der Waals surface area contributed by atoms with Crippen molar-refractivity contribution in [3.05, 3.63) is 102 Å². The number of amides is 4. The third-order valence-electron chi connectivity index (χ3n) is 7.62. The van der Waals surface area contributed by atoms with Gasteiger partial charge in [0.2, 0.25) is 17.7 Å². The van der Waals surface area contributed by atoms with Gasteiger partial charge in [-0.05, 0) is 62.1 Å². The molecule has 1 heterocycles. The van der Waals surface area contributed by atoms with Gasteiger partial charge in [0.25, 0.3) is 0 Å². The van der Waals surface area contributed by atoms with Crippen molar-refractivity contribution in [2.45, 2.75) is 76.8 Å². The lowest BCUT2D eigenvalue weighted by atomic mass is 10.0. The maximum absolute atomic E-state index is 14.1. The van der Waals surface area contributed by atoms with Gasteiger partial charge in [0, 0.05) is 36.4 Å². The van der Waals surface area contributed by atoms with Crippen molar-refractivity contribution in [3.63, 3.8) is 0 Å². The zero-order valence-electron chi connectivity index (χ0n) is 28.2. The van der Waals surface area contributed by atoms with Gasteiger partial charge in [-0.25, -0.2) is 9.59 Å². The van der Waals surface area contributed by atoms with Crippen LogP contribution in [-0.2, 0) is 48.1 Å². The normalized spacial score (nSPS) is 13.0. The number of aromatic amines is 1. The van der Waals surface area contributed by atoms with Gasteiger partial charge in [-0.3, -0.25) is 14.4 Å². The van der Waals surface area contributed by atoms with Gasteiger partial charge >= 0.3 is 12.1 Å². The van der Waals surface area contributed by atoms with Gasteiger partial charge in [-0.15, -0.1) is 0 Å². The van der Waals surface area contributed by atoms with Gasteiger partial charge in [0.1, 0.15) is 36.1 Å². The Hall–Kier alpha value is -5.85. The van der Waals surface area contributed by atoms with E-state index in [2.05, 4.69) is 20.9 Å². The molecule has 0 bridgehead atoms. The maximum atomic E-state index is 14.1. The molecule has 13 heteroatoms. The molecule has 1 aromatic heterocycles. The SMILES string of the molecule is CC(C)(C)OC(=O)N[C@@H](CCC(N)=O)C(=O)N[C@@H](Cc1ccc(O)cc1)C(=O)N[C@@H](Cc1c[nH]c2ccccc12)C(=O)OCc1ccccc1. The number of phenolic OH excluding ortho intramolecular Hbond substituents is 1. The van der Waals surface area contributed by atoms with Gasteiger partial charge in [-0.1, -0.05) is 60.7 Å². The summed E-state index contributed by atoms with van der Waals surface area (Å²) in [6.07, 6.45) is 0.485. The number of aromatic nitrogens is 1. The van der Waals surface area contributed by atoms with Crippen molar-refractivity contribution in [1.82, 2.24) is 20.9 Å². The molecule has 4 rings (SSSR count). The molecule has 7 N–H and O–H groups in total. The molecular formula is C37H43N5O8. The molecule has 4 amide bonds. The Labute approximate surface area is 289 Å². The minimum absolute atomic E-state index is 0.00631. The smallest absolute Gasteiger partial charge is 0.408 e. The molecule has 0 saturated carbocycles. The standard InChI is InChI=1S/C37H43N5O8/c1-37(2,3)50-36(48)42-29(17-18-32(38)44)33(45)40-30(19-23-13-15-26(43)16-14-23)34(46)41-31(35(47)49-22-24-9-5-4-6-10-24)20-25-21-39-28-12-8-7-11-27(25)28/h4-16,21,29-31,39,43H,17-20,22H2,1-3H3,(H2,38,44)(H,40,45)(H,41,46)(H,42,48)/t29-,30-,31-/m0/s1. The fourth-order valence-corrected chi connectivity index (χ4v) is 5.17. The number of phenols is 1. The summed E-state index contributed by atoms with van der Waals surface area (Å²) >= 11 is 0. The summed E-state index contributed by atoms with van der Waals surface area (Å²) in [5.41, 5.74) is 7.41. The number of nitrogens with one attached hydrogen (secondary N) is 4. The van der Waals surface area contributed by atoms with Crippen LogP contribution >= 0.6 is 0 Å². The second-order valence-corrected chi connectivity index (χ2v) is 12.9. The van der Waals surface area contributed by atoms with Crippen molar-refractivity contribution >= 4 is 40.7 Å². The average molecular weight is 686 g/mol. The van der Waals surface area contributed by atoms with Crippen molar-refractivity contribution in [2.75, 3.05) is 0 Å². The lowest BCUT2D eigenvalue weighted by Gasteiger charge is -2.26. The Balaban J connectivity index is 1.60. The number of fused-ring (bicyclic) bond motifs is 1. The number of nitrogens with two attached hydrogens (primary N) is 1. The molecule has 3 atom stereocenters. The van der Waals surface area contributed by atoms with Crippen molar-refractivity contribution in [2.24, 2.45) is 5.73 Å². The quantitative estimate of drug-likeness (QED) is 0.102. The summed E-state index contributed by atoms with van der Waals surface area (Å²) < 4.78 is 10.9. The molecular weight excluding hydrogens is 642 g/mol. The maximum Gasteiger partial charge on any atom is 0.408 e. The molecule has 0 spiro atoms. The number of benzene rings is 3. The predicted molar refractivity (Wildman–Crippen MR) is 185 cm³/mol. The molecule has 0 saturated heterocycles. The number of primary amides is 1. The number of alkyl carbamates (subject to hydrolysis) is 1. The number of para-hydroxylation sites is 1. The highest BCUT2D eigenvalue weighted by Crippen LogP contribution is 2.20.